The van der Waals surface area contributed by atoms with Crippen LogP contribution >= 0.6 is 0 Å². The quantitative estimate of drug-likeness (QED) is 0.851. The predicted molar refractivity (Wildman–Crippen MR) is 81.0 cm³/mol. The summed E-state index contributed by atoms with van der Waals surface area (Å²) in [5.74, 6) is 0.352. The molecule has 0 aliphatic carbocycles. The number of carboxylic acid groups (broad SMARTS) is 1. The van der Waals surface area contributed by atoms with Crippen LogP contribution in [0.2, 0.25) is 0 Å². The molecule has 0 bridgehead atoms. The molecule has 2 heterocycles. The molecule has 3 unspecified atom stereocenters. The molecule has 0 radical (unpaired) electrons. The first-order valence-corrected chi connectivity index (χ1v) is 8.00. The van der Waals surface area contributed by atoms with Crippen molar-refractivity contribution in [2.75, 3.05) is 26.2 Å². The highest BCUT2D eigenvalue weighted by Gasteiger charge is 2.41. The summed E-state index contributed by atoms with van der Waals surface area (Å²) in [6.45, 7) is 10.9. The standard InChI is InChI=1S/C16H28N2O3/c1-11-8-18(9-12(11)2)15(21)17-7-5-6-13(10-17)16(3,4)14(19)20/h11-13H,5-10H2,1-4H3,(H,19,20). The Morgan fingerprint density at radius 3 is 2.14 bits per heavy atom. The number of nitrogens with zero attached hydrogens (tertiary/aromatic N) is 2. The number of hydrogen-bond donors (Lipinski definition) is 1. The maximum absolute atomic E-state index is 12.6. The van der Waals surface area contributed by atoms with Crippen LogP contribution in [0.4, 0.5) is 4.79 Å². The van der Waals surface area contributed by atoms with Gasteiger partial charge in [0.25, 0.3) is 0 Å². The number of hydrogen-bond acceptors (Lipinski definition) is 2. The molecule has 2 saturated heterocycles. The van der Waals surface area contributed by atoms with Crippen LogP contribution in [-0.4, -0.2) is 53.1 Å². The molecule has 2 aliphatic heterocycles. The second kappa shape index (κ2) is 5.85. The minimum atomic E-state index is -0.773. The second-order valence-corrected chi connectivity index (χ2v) is 7.45. The first-order chi connectivity index (χ1) is 9.73. The number of likely N-dealkylation sites (tertiary alicyclic amines) is 2. The molecule has 1 N–H and O–H groups in total. The van der Waals surface area contributed by atoms with Gasteiger partial charge in [-0.25, -0.2) is 4.79 Å². The molecule has 120 valence electrons. The smallest absolute Gasteiger partial charge is 0.320 e. The summed E-state index contributed by atoms with van der Waals surface area (Å²) >= 11 is 0. The molecule has 0 aromatic carbocycles. The summed E-state index contributed by atoms with van der Waals surface area (Å²) in [5, 5.41) is 9.39. The van der Waals surface area contributed by atoms with Crippen LogP contribution in [0, 0.1) is 23.2 Å². The lowest BCUT2D eigenvalue weighted by atomic mass is 9.74. The average Bonchev–Trinajstić information content (AvgIpc) is 2.78. The van der Waals surface area contributed by atoms with Crippen molar-refractivity contribution in [3.63, 3.8) is 0 Å². The van der Waals surface area contributed by atoms with E-state index in [9.17, 15) is 14.7 Å². The zero-order chi connectivity index (χ0) is 15.8. The molecular weight excluding hydrogens is 268 g/mol. The van der Waals surface area contributed by atoms with Crippen LogP contribution < -0.4 is 0 Å². The van der Waals surface area contributed by atoms with Crippen LogP contribution in [0.5, 0.6) is 0 Å². The van der Waals surface area contributed by atoms with Crippen molar-refractivity contribution in [2.45, 2.75) is 40.5 Å². The number of amides is 2. The maximum Gasteiger partial charge on any atom is 0.320 e. The Hall–Kier alpha value is -1.26. The van der Waals surface area contributed by atoms with Crippen molar-refractivity contribution >= 4 is 12.0 Å². The third-order valence-corrected chi connectivity index (χ3v) is 5.52. The Labute approximate surface area is 127 Å². The van der Waals surface area contributed by atoms with E-state index in [2.05, 4.69) is 13.8 Å². The Morgan fingerprint density at radius 1 is 1.05 bits per heavy atom. The molecule has 0 saturated carbocycles. The first-order valence-electron chi connectivity index (χ1n) is 8.00. The Morgan fingerprint density at radius 2 is 1.62 bits per heavy atom. The molecule has 2 rings (SSSR count). The van der Waals surface area contributed by atoms with Gasteiger partial charge in [0, 0.05) is 26.2 Å². The minimum Gasteiger partial charge on any atom is -0.481 e. The number of carboxylic acids is 1. The van der Waals surface area contributed by atoms with Gasteiger partial charge >= 0.3 is 12.0 Å². The molecule has 0 spiro atoms. The number of piperidine rings is 1. The summed E-state index contributed by atoms with van der Waals surface area (Å²) in [5.41, 5.74) is -0.773. The number of carbonyl (C=O) groups is 2. The Bertz CT molecular complexity index is 412. The number of carbonyl (C=O) groups excluding carboxylic acids is 1. The summed E-state index contributed by atoms with van der Waals surface area (Å²) in [6.07, 6.45) is 1.78. The molecule has 0 aromatic rings. The molecule has 2 fully saturated rings. The van der Waals surface area contributed by atoms with E-state index in [-0.39, 0.29) is 11.9 Å². The summed E-state index contributed by atoms with van der Waals surface area (Å²) in [7, 11) is 0. The molecule has 2 aliphatic rings. The molecule has 5 nitrogen and oxygen atoms in total. The highest BCUT2D eigenvalue weighted by atomic mass is 16.4. The third kappa shape index (κ3) is 3.16. The maximum atomic E-state index is 12.6. The fourth-order valence-corrected chi connectivity index (χ4v) is 3.40. The molecule has 21 heavy (non-hydrogen) atoms. The predicted octanol–water partition coefficient (Wildman–Crippen LogP) is 2.52. The van der Waals surface area contributed by atoms with Gasteiger partial charge in [-0.3, -0.25) is 4.79 Å². The third-order valence-electron chi connectivity index (χ3n) is 5.52. The SMILES string of the molecule is CC1CN(C(=O)N2CCCC(C(C)(C)C(=O)O)C2)CC1C. The van der Waals surface area contributed by atoms with E-state index in [1.54, 1.807) is 13.8 Å². The Balaban J connectivity index is 2.01. The van der Waals surface area contributed by atoms with Crippen molar-refractivity contribution in [2.24, 2.45) is 23.2 Å². The van der Waals surface area contributed by atoms with Gasteiger partial charge < -0.3 is 14.9 Å². The van der Waals surface area contributed by atoms with E-state index in [4.69, 9.17) is 0 Å². The average molecular weight is 296 g/mol. The normalized spacial score (nSPS) is 30.6. The van der Waals surface area contributed by atoms with Crippen LogP contribution in [0.25, 0.3) is 0 Å². The molecule has 3 atom stereocenters. The van der Waals surface area contributed by atoms with E-state index in [1.807, 2.05) is 9.80 Å². The summed E-state index contributed by atoms with van der Waals surface area (Å²) in [6, 6.07) is 0.0945. The number of aliphatic carboxylic acids is 1. The second-order valence-electron chi connectivity index (χ2n) is 7.45. The first kappa shape index (κ1) is 16.1. The van der Waals surface area contributed by atoms with Gasteiger partial charge in [0.2, 0.25) is 0 Å². The fraction of sp³-hybridized carbons (Fsp3) is 0.875. The van der Waals surface area contributed by atoms with Crippen LogP contribution in [-0.2, 0) is 4.79 Å². The molecule has 2 amide bonds. The molecule has 5 heteroatoms. The van der Waals surface area contributed by atoms with Crippen LogP contribution in [0.15, 0.2) is 0 Å². The van der Waals surface area contributed by atoms with Crippen molar-refractivity contribution in [1.82, 2.24) is 9.80 Å². The van der Waals surface area contributed by atoms with Crippen molar-refractivity contribution in [1.29, 1.82) is 0 Å². The van der Waals surface area contributed by atoms with Gasteiger partial charge in [0.1, 0.15) is 0 Å². The monoisotopic (exact) mass is 296 g/mol. The van der Waals surface area contributed by atoms with Gasteiger partial charge in [-0.1, -0.05) is 13.8 Å². The Kier molecular flexibility index (Phi) is 4.49. The highest BCUT2D eigenvalue weighted by molar-refractivity contribution is 5.76. The topological polar surface area (TPSA) is 60.9 Å². The van der Waals surface area contributed by atoms with Crippen molar-refractivity contribution in [3.8, 4) is 0 Å². The lowest BCUT2D eigenvalue weighted by Crippen LogP contribution is -2.50. The van der Waals surface area contributed by atoms with Gasteiger partial charge in [0.15, 0.2) is 0 Å². The van der Waals surface area contributed by atoms with Gasteiger partial charge in [-0.05, 0) is 44.4 Å². The highest BCUT2D eigenvalue weighted by Crippen LogP contribution is 2.35. The van der Waals surface area contributed by atoms with E-state index in [0.29, 0.717) is 18.4 Å². The van der Waals surface area contributed by atoms with Crippen molar-refractivity contribution < 1.29 is 14.7 Å². The van der Waals surface area contributed by atoms with Gasteiger partial charge in [-0.15, -0.1) is 0 Å². The van der Waals surface area contributed by atoms with Gasteiger partial charge in [0.05, 0.1) is 5.41 Å². The van der Waals surface area contributed by atoms with Crippen LogP contribution in [0.1, 0.15) is 40.5 Å². The largest absolute Gasteiger partial charge is 0.481 e. The lowest BCUT2D eigenvalue weighted by molar-refractivity contribution is -0.151. The summed E-state index contributed by atoms with van der Waals surface area (Å²) < 4.78 is 0. The lowest BCUT2D eigenvalue weighted by Gasteiger charge is -2.40. The fourth-order valence-electron chi connectivity index (χ4n) is 3.40. The van der Waals surface area contributed by atoms with E-state index in [0.717, 1.165) is 32.5 Å². The molecular formula is C16H28N2O3. The number of rotatable bonds is 2. The van der Waals surface area contributed by atoms with Crippen molar-refractivity contribution in [3.05, 3.63) is 0 Å². The van der Waals surface area contributed by atoms with E-state index in [1.165, 1.54) is 0 Å². The van der Waals surface area contributed by atoms with Gasteiger partial charge in [-0.2, -0.15) is 0 Å². The van der Waals surface area contributed by atoms with E-state index >= 15 is 0 Å². The van der Waals surface area contributed by atoms with E-state index < -0.39 is 11.4 Å². The molecule has 0 aromatic heterocycles. The van der Waals surface area contributed by atoms with Crippen LogP contribution in [0.3, 0.4) is 0 Å². The zero-order valence-electron chi connectivity index (χ0n) is 13.6. The minimum absolute atomic E-state index is 0.0325. The zero-order valence-corrected chi connectivity index (χ0v) is 13.6. The summed E-state index contributed by atoms with van der Waals surface area (Å²) in [4.78, 5) is 27.9. The number of urea groups is 1.